The number of benzene rings is 2. The Hall–Kier alpha value is -1.93. The highest BCUT2D eigenvalue weighted by molar-refractivity contribution is 6.47. The molecule has 0 radical (unpaired) electrons. The Bertz CT molecular complexity index is 1060. The highest BCUT2D eigenvalue weighted by Crippen LogP contribution is 2.66. The van der Waals surface area contributed by atoms with Crippen molar-refractivity contribution in [2.45, 2.75) is 70.0 Å². The molecule has 1 aliphatic heterocycles. The van der Waals surface area contributed by atoms with E-state index in [4.69, 9.17) is 15.0 Å². The Morgan fingerprint density at radius 1 is 1.08 bits per heavy atom. The monoisotopic (exact) mass is 514 g/mol. The number of halogens is 2. The second-order valence-corrected chi connectivity index (χ2v) is 11.5. The largest absolute Gasteiger partial charge is 0.463 e. The smallest absolute Gasteiger partial charge is 0.405 e. The normalized spacial score (nSPS) is 29.4. The van der Waals surface area contributed by atoms with E-state index in [1.165, 1.54) is 18.6 Å². The lowest BCUT2D eigenvalue weighted by Crippen LogP contribution is -2.65. The summed E-state index contributed by atoms with van der Waals surface area (Å²) in [7, 11) is -0.434. The second-order valence-electron chi connectivity index (χ2n) is 11.5. The van der Waals surface area contributed by atoms with E-state index in [1.807, 2.05) is 30.3 Å². The maximum atomic E-state index is 13.5. The van der Waals surface area contributed by atoms with Gasteiger partial charge in [-0.05, 0) is 73.1 Å². The zero-order valence-electron chi connectivity index (χ0n) is 21.3. The minimum atomic E-state index is -0.637. The third-order valence-electron chi connectivity index (χ3n) is 8.94. The van der Waals surface area contributed by atoms with Gasteiger partial charge in [-0.15, -0.1) is 12.4 Å². The van der Waals surface area contributed by atoms with Crippen LogP contribution in [0.4, 0.5) is 4.39 Å². The summed E-state index contributed by atoms with van der Waals surface area (Å²) >= 11 is 0. The fourth-order valence-corrected chi connectivity index (χ4v) is 6.61. The average Bonchev–Trinajstić information content (AvgIpc) is 3.20. The molecule has 2 aromatic carbocycles. The summed E-state index contributed by atoms with van der Waals surface area (Å²) in [5.41, 5.74) is 8.16. The Balaban J connectivity index is 0.00000304. The van der Waals surface area contributed by atoms with Crippen LogP contribution < -0.4 is 11.1 Å². The van der Waals surface area contributed by atoms with Gasteiger partial charge in [0.25, 0.3) is 0 Å². The van der Waals surface area contributed by atoms with Crippen molar-refractivity contribution in [2.75, 3.05) is 6.54 Å². The summed E-state index contributed by atoms with van der Waals surface area (Å²) < 4.78 is 26.7. The van der Waals surface area contributed by atoms with Crippen molar-refractivity contribution < 1.29 is 18.5 Å². The van der Waals surface area contributed by atoms with E-state index < -0.39 is 13.2 Å². The van der Waals surface area contributed by atoms with Gasteiger partial charge in [0.2, 0.25) is 5.91 Å². The molecule has 0 spiro atoms. The van der Waals surface area contributed by atoms with Crippen molar-refractivity contribution >= 4 is 25.4 Å². The van der Waals surface area contributed by atoms with Crippen LogP contribution in [0.5, 0.6) is 0 Å². The lowest BCUT2D eigenvalue weighted by molar-refractivity contribution is -0.199. The van der Waals surface area contributed by atoms with Gasteiger partial charge in [-0.25, -0.2) is 4.39 Å². The summed E-state index contributed by atoms with van der Waals surface area (Å²) in [5.74, 6) is 0.557. The molecular weight excluding hydrogens is 478 g/mol. The number of hydrogen-bond acceptors (Lipinski definition) is 4. The maximum absolute atomic E-state index is 13.5. The Morgan fingerprint density at radius 2 is 1.75 bits per heavy atom. The van der Waals surface area contributed by atoms with E-state index in [-0.39, 0.29) is 47.1 Å². The van der Waals surface area contributed by atoms with Crippen molar-refractivity contribution in [1.82, 2.24) is 5.32 Å². The third-order valence-corrected chi connectivity index (χ3v) is 8.94. The van der Waals surface area contributed by atoms with Gasteiger partial charge in [0.15, 0.2) is 0 Å². The molecule has 6 rings (SSSR count). The van der Waals surface area contributed by atoms with Crippen molar-refractivity contribution in [3.8, 4) is 0 Å². The van der Waals surface area contributed by atoms with Crippen LogP contribution in [0.15, 0.2) is 54.6 Å². The number of carbonyl (C=O) groups is 1. The van der Waals surface area contributed by atoms with Crippen molar-refractivity contribution in [2.24, 2.45) is 23.0 Å². The first-order chi connectivity index (χ1) is 16.7. The minimum Gasteiger partial charge on any atom is -0.405 e. The van der Waals surface area contributed by atoms with Gasteiger partial charge in [0.1, 0.15) is 5.82 Å². The molecule has 8 heteroatoms. The number of amides is 1. The van der Waals surface area contributed by atoms with E-state index in [0.29, 0.717) is 31.2 Å². The third kappa shape index (κ3) is 5.08. The van der Waals surface area contributed by atoms with Crippen molar-refractivity contribution in [3.05, 3.63) is 71.5 Å². The number of rotatable bonds is 8. The first-order valence-corrected chi connectivity index (χ1v) is 12.8. The van der Waals surface area contributed by atoms with Gasteiger partial charge in [0, 0.05) is 12.4 Å². The van der Waals surface area contributed by atoms with E-state index in [1.54, 1.807) is 12.1 Å². The summed E-state index contributed by atoms with van der Waals surface area (Å²) in [6.07, 6.45) is 3.34. The van der Waals surface area contributed by atoms with Crippen LogP contribution in [0.2, 0.25) is 5.82 Å². The topological polar surface area (TPSA) is 73.6 Å². The number of nitrogens with one attached hydrogen (secondary N) is 1. The standard InChI is InChI=1S/C28H36BFN2O3.ClH/c1-27(2)20-15-24(27)28(3)25(16-20)34-29(35-28)21(13-19-9-11-22(30)12-10-19)17-32-26(33)23(31)14-18-7-5-4-6-8-18;/h4-12,20-21,23-25H,13-17,31H2,1-3H3,(H,32,33);1H/t20-,21-,23+,24-,25+,28-;/m1./s1. The lowest BCUT2D eigenvalue weighted by atomic mass is 9.43. The fraction of sp³-hybridized carbons (Fsp3) is 0.536. The van der Waals surface area contributed by atoms with E-state index in [2.05, 4.69) is 26.1 Å². The Kier molecular flexibility index (Phi) is 7.87. The van der Waals surface area contributed by atoms with Crippen LogP contribution in [0.25, 0.3) is 0 Å². The van der Waals surface area contributed by atoms with E-state index in [0.717, 1.165) is 17.5 Å². The number of nitrogens with two attached hydrogens (primary N) is 1. The summed E-state index contributed by atoms with van der Waals surface area (Å²) in [4.78, 5) is 12.9. The molecule has 5 nitrogen and oxygen atoms in total. The lowest BCUT2D eigenvalue weighted by Gasteiger charge is -2.64. The highest BCUT2D eigenvalue weighted by Gasteiger charge is 2.68. The Morgan fingerprint density at radius 3 is 2.42 bits per heavy atom. The van der Waals surface area contributed by atoms with Gasteiger partial charge in [-0.2, -0.15) is 0 Å². The molecule has 194 valence electrons. The van der Waals surface area contributed by atoms with Crippen molar-refractivity contribution in [3.63, 3.8) is 0 Å². The van der Waals surface area contributed by atoms with Gasteiger partial charge in [0.05, 0.1) is 17.7 Å². The van der Waals surface area contributed by atoms with Gasteiger partial charge < -0.3 is 20.4 Å². The Labute approximate surface area is 220 Å². The molecule has 2 bridgehead atoms. The summed E-state index contributed by atoms with van der Waals surface area (Å²) in [5, 5.41) is 3.05. The molecule has 1 saturated heterocycles. The molecule has 3 saturated carbocycles. The second kappa shape index (κ2) is 10.4. The first kappa shape index (κ1) is 27.1. The quantitative estimate of drug-likeness (QED) is 0.506. The van der Waals surface area contributed by atoms with Crippen LogP contribution in [0.3, 0.4) is 0 Å². The predicted octanol–water partition coefficient (Wildman–Crippen LogP) is 4.57. The van der Waals surface area contributed by atoms with Gasteiger partial charge >= 0.3 is 7.12 Å². The van der Waals surface area contributed by atoms with E-state index in [9.17, 15) is 9.18 Å². The van der Waals surface area contributed by atoms with Gasteiger partial charge in [-0.3, -0.25) is 4.79 Å². The summed E-state index contributed by atoms with van der Waals surface area (Å²) in [6, 6.07) is 15.6. The number of carbonyl (C=O) groups excluding carboxylic acids is 1. The fourth-order valence-electron chi connectivity index (χ4n) is 6.61. The predicted molar refractivity (Wildman–Crippen MR) is 142 cm³/mol. The molecule has 0 aromatic heterocycles. The van der Waals surface area contributed by atoms with Crippen LogP contribution >= 0.6 is 12.4 Å². The molecule has 6 atom stereocenters. The first-order valence-electron chi connectivity index (χ1n) is 12.8. The summed E-state index contributed by atoms with van der Waals surface area (Å²) in [6.45, 7) is 7.26. The highest BCUT2D eigenvalue weighted by atomic mass is 35.5. The molecule has 3 aliphatic carbocycles. The molecule has 2 aromatic rings. The van der Waals surface area contributed by atoms with Crippen LogP contribution in [0, 0.1) is 23.1 Å². The SMILES string of the molecule is CC1(C)[C@H]2C[C@@H]3OB([C@@H](CNC(=O)[C@@H](N)Cc4ccccc4)Cc4ccc(F)cc4)O[C@]3(C)[C@@H]1C2.Cl. The molecule has 4 aliphatic rings. The zero-order valence-corrected chi connectivity index (χ0v) is 22.1. The molecule has 4 fully saturated rings. The molecule has 1 amide bonds. The van der Waals surface area contributed by atoms with Crippen LogP contribution in [0.1, 0.15) is 44.7 Å². The molecule has 36 heavy (non-hydrogen) atoms. The minimum absolute atomic E-state index is 0. The van der Waals surface area contributed by atoms with Crippen LogP contribution in [-0.2, 0) is 26.9 Å². The molecule has 3 N–H and O–H groups in total. The number of hydrogen-bond donors (Lipinski definition) is 2. The molecule has 0 unspecified atom stereocenters. The van der Waals surface area contributed by atoms with Crippen LogP contribution in [-0.4, -0.2) is 37.3 Å². The van der Waals surface area contributed by atoms with E-state index >= 15 is 0 Å². The molecule has 1 heterocycles. The molecular formula is C28H37BClFN2O3. The zero-order chi connectivity index (χ0) is 24.8. The average molecular weight is 515 g/mol. The van der Waals surface area contributed by atoms with Crippen molar-refractivity contribution in [1.29, 1.82) is 0 Å². The van der Waals surface area contributed by atoms with Gasteiger partial charge in [-0.1, -0.05) is 56.3 Å². The maximum Gasteiger partial charge on any atom is 0.463 e.